The van der Waals surface area contributed by atoms with Crippen LogP contribution in [-0.2, 0) is 16.6 Å². The van der Waals surface area contributed by atoms with Crippen molar-refractivity contribution < 1.29 is 13.2 Å². The standard InChI is InChI=1S/C19H23N3O3S/c1-21(14-16-7-5-11-20-13-16)26(24,25)18-10-6-12-22(15-18)19(23)17-8-3-2-4-9-17/h2-5,7-9,11,13,18H,6,10,12,14-15H2,1H3/t18-/m0/s1. The molecule has 26 heavy (non-hydrogen) atoms. The van der Waals surface area contributed by atoms with Crippen LogP contribution in [-0.4, -0.2) is 53.9 Å². The molecule has 0 N–H and O–H groups in total. The zero-order valence-electron chi connectivity index (χ0n) is 14.8. The molecule has 0 saturated carbocycles. The van der Waals surface area contributed by atoms with E-state index < -0.39 is 15.3 Å². The molecule has 1 atom stereocenters. The van der Waals surface area contributed by atoms with Crippen LogP contribution in [0, 0.1) is 0 Å². The molecule has 0 bridgehead atoms. The maximum atomic E-state index is 13.0. The summed E-state index contributed by atoms with van der Waals surface area (Å²) in [5.41, 5.74) is 1.43. The van der Waals surface area contributed by atoms with Gasteiger partial charge in [0, 0.05) is 44.6 Å². The largest absolute Gasteiger partial charge is 0.337 e. The number of sulfonamides is 1. The number of pyridine rings is 1. The van der Waals surface area contributed by atoms with Gasteiger partial charge in [-0.2, -0.15) is 0 Å². The highest BCUT2D eigenvalue weighted by Gasteiger charge is 2.35. The summed E-state index contributed by atoms with van der Waals surface area (Å²) in [6.07, 6.45) is 4.58. The Morgan fingerprint density at radius 1 is 1.23 bits per heavy atom. The van der Waals surface area contributed by atoms with E-state index in [0.29, 0.717) is 24.9 Å². The number of hydrogen-bond donors (Lipinski definition) is 0. The summed E-state index contributed by atoms with van der Waals surface area (Å²) in [4.78, 5) is 18.3. The third kappa shape index (κ3) is 4.11. The van der Waals surface area contributed by atoms with E-state index in [9.17, 15) is 13.2 Å². The Morgan fingerprint density at radius 2 is 2.00 bits per heavy atom. The number of nitrogens with zero attached hydrogens (tertiary/aromatic N) is 3. The molecule has 1 aliphatic heterocycles. The molecule has 3 rings (SSSR count). The highest BCUT2D eigenvalue weighted by atomic mass is 32.2. The molecule has 1 aromatic carbocycles. The van der Waals surface area contributed by atoms with Crippen molar-refractivity contribution >= 4 is 15.9 Å². The molecule has 0 aliphatic carbocycles. The second kappa shape index (κ2) is 7.97. The summed E-state index contributed by atoms with van der Waals surface area (Å²) in [7, 11) is -1.91. The van der Waals surface area contributed by atoms with Gasteiger partial charge in [-0.3, -0.25) is 9.78 Å². The smallest absolute Gasteiger partial charge is 0.253 e. The van der Waals surface area contributed by atoms with E-state index in [1.807, 2.05) is 24.3 Å². The molecule has 6 nitrogen and oxygen atoms in total. The minimum Gasteiger partial charge on any atom is -0.337 e. The van der Waals surface area contributed by atoms with Crippen LogP contribution in [0.4, 0.5) is 0 Å². The third-order valence-corrected chi connectivity index (χ3v) is 6.89. The zero-order valence-corrected chi connectivity index (χ0v) is 15.6. The molecular formula is C19H23N3O3S. The van der Waals surface area contributed by atoms with Crippen molar-refractivity contribution in [1.82, 2.24) is 14.2 Å². The molecule has 138 valence electrons. The van der Waals surface area contributed by atoms with Gasteiger partial charge in [0.05, 0.1) is 5.25 Å². The van der Waals surface area contributed by atoms with Crippen LogP contribution in [0.15, 0.2) is 54.9 Å². The predicted molar refractivity (Wildman–Crippen MR) is 100.0 cm³/mol. The fourth-order valence-corrected chi connectivity index (χ4v) is 4.89. The number of piperidine rings is 1. The third-order valence-electron chi connectivity index (χ3n) is 4.67. The van der Waals surface area contributed by atoms with Crippen molar-refractivity contribution in [1.29, 1.82) is 0 Å². The average molecular weight is 373 g/mol. The lowest BCUT2D eigenvalue weighted by Crippen LogP contribution is -2.48. The number of amides is 1. The highest BCUT2D eigenvalue weighted by Crippen LogP contribution is 2.22. The topological polar surface area (TPSA) is 70.6 Å². The van der Waals surface area contributed by atoms with Gasteiger partial charge in [0.25, 0.3) is 5.91 Å². The first-order chi connectivity index (χ1) is 12.5. The van der Waals surface area contributed by atoms with Gasteiger partial charge in [-0.05, 0) is 36.6 Å². The van der Waals surface area contributed by atoms with Crippen molar-refractivity contribution in [3.63, 3.8) is 0 Å². The summed E-state index contributed by atoms with van der Waals surface area (Å²) in [5.74, 6) is -0.111. The number of carbonyl (C=O) groups excluding carboxylic acids is 1. The van der Waals surface area contributed by atoms with Gasteiger partial charge in [-0.15, -0.1) is 0 Å². The van der Waals surface area contributed by atoms with Crippen LogP contribution in [0.25, 0.3) is 0 Å². The lowest BCUT2D eigenvalue weighted by Gasteiger charge is -2.34. The second-order valence-corrected chi connectivity index (χ2v) is 8.86. The lowest BCUT2D eigenvalue weighted by molar-refractivity contribution is 0.0725. The summed E-state index contributed by atoms with van der Waals surface area (Å²) < 4.78 is 27.3. The van der Waals surface area contributed by atoms with Gasteiger partial charge in [0.1, 0.15) is 0 Å². The maximum Gasteiger partial charge on any atom is 0.253 e. The Morgan fingerprint density at radius 3 is 2.69 bits per heavy atom. The number of aromatic nitrogens is 1. The first-order valence-electron chi connectivity index (χ1n) is 8.67. The van der Waals surface area contributed by atoms with E-state index in [1.54, 1.807) is 42.5 Å². The summed E-state index contributed by atoms with van der Waals surface area (Å²) in [5, 5.41) is -0.578. The molecule has 1 aromatic heterocycles. The second-order valence-electron chi connectivity index (χ2n) is 6.54. The van der Waals surface area contributed by atoms with E-state index in [1.165, 1.54) is 4.31 Å². The number of carbonyl (C=O) groups is 1. The van der Waals surface area contributed by atoms with Gasteiger partial charge in [0.15, 0.2) is 0 Å². The Hall–Kier alpha value is -2.25. The van der Waals surface area contributed by atoms with Crippen LogP contribution < -0.4 is 0 Å². The van der Waals surface area contributed by atoms with E-state index >= 15 is 0 Å². The monoisotopic (exact) mass is 373 g/mol. The van der Waals surface area contributed by atoms with Crippen molar-refractivity contribution in [3.8, 4) is 0 Å². The van der Waals surface area contributed by atoms with Gasteiger partial charge in [0.2, 0.25) is 10.0 Å². The number of hydrogen-bond acceptors (Lipinski definition) is 4. The zero-order chi connectivity index (χ0) is 18.6. The SMILES string of the molecule is CN(Cc1cccnc1)S(=O)(=O)[C@H]1CCCN(C(=O)c2ccccc2)C1. The van der Waals surface area contributed by atoms with E-state index in [-0.39, 0.29) is 19.0 Å². The molecule has 1 fully saturated rings. The Bertz CT molecular complexity index is 841. The fraction of sp³-hybridized carbons (Fsp3) is 0.368. The molecule has 0 radical (unpaired) electrons. The molecule has 1 aliphatic rings. The van der Waals surface area contributed by atoms with E-state index in [2.05, 4.69) is 4.98 Å². The van der Waals surface area contributed by atoms with Crippen molar-refractivity contribution in [2.45, 2.75) is 24.6 Å². The summed E-state index contributed by atoms with van der Waals surface area (Å²) in [6, 6.07) is 12.6. The van der Waals surface area contributed by atoms with Gasteiger partial charge in [-0.25, -0.2) is 12.7 Å². The molecular weight excluding hydrogens is 350 g/mol. The molecule has 1 saturated heterocycles. The molecule has 0 spiro atoms. The Kier molecular flexibility index (Phi) is 5.68. The van der Waals surface area contributed by atoms with Crippen LogP contribution >= 0.6 is 0 Å². The molecule has 0 unspecified atom stereocenters. The quantitative estimate of drug-likeness (QED) is 0.805. The van der Waals surface area contributed by atoms with Crippen LogP contribution in [0.1, 0.15) is 28.8 Å². The maximum absolute atomic E-state index is 13.0. The predicted octanol–water partition coefficient (Wildman–Crippen LogP) is 2.15. The molecule has 7 heteroatoms. The first-order valence-corrected chi connectivity index (χ1v) is 10.2. The fourth-order valence-electron chi connectivity index (χ4n) is 3.22. The first kappa shape index (κ1) is 18.5. The summed E-state index contributed by atoms with van der Waals surface area (Å²) >= 11 is 0. The van der Waals surface area contributed by atoms with E-state index in [0.717, 1.165) is 5.56 Å². The van der Waals surface area contributed by atoms with Crippen LogP contribution in [0.2, 0.25) is 0 Å². The number of likely N-dealkylation sites (tertiary alicyclic amines) is 1. The highest BCUT2D eigenvalue weighted by molar-refractivity contribution is 7.89. The molecule has 2 heterocycles. The van der Waals surface area contributed by atoms with Crippen LogP contribution in [0.5, 0.6) is 0 Å². The average Bonchev–Trinajstić information content (AvgIpc) is 2.69. The number of rotatable bonds is 5. The van der Waals surface area contributed by atoms with Crippen molar-refractivity contribution in [2.75, 3.05) is 20.1 Å². The van der Waals surface area contributed by atoms with Gasteiger partial charge in [-0.1, -0.05) is 24.3 Å². The lowest BCUT2D eigenvalue weighted by atomic mass is 10.1. The van der Waals surface area contributed by atoms with Gasteiger partial charge >= 0.3 is 0 Å². The van der Waals surface area contributed by atoms with Crippen molar-refractivity contribution in [2.24, 2.45) is 0 Å². The van der Waals surface area contributed by atoms with E-state index in [4.69, 9.17) is 0 Å². The minimum atomic E-state index is -3.50. The normalized spacial score (nSPS) is 18.1. The number of benzene rings is 1. The Labute approximate surface area is 154 Å². The minimum absolute atomic E-state index is 0.111. The van der Waals surface area contributed by atoms with Crippen LogP contribution in [0.3, 0.4) is 0 Å². The Balaban J connectivity index is 1.70. The van der Waals surface area contributed by atoms with Gasteiger partial charge < -0.3 is 4.90 Å². The summed E-state index contributed by atoms with van der Waals surface area (Å²) in [6.45, 7) is 1.10. The molecule has 1 amide bonds. The molecule has 2 aromatic rings. The van der Waals surface area contributed by atoms with Crippen molar-refractivity contribution in [3.05, 3.63) is 66.0 Å².